The number of hydrogen-bond donors (Lipinski definition) is 0. The zero-order valence-corrected chi connectivity index (χ0v) is 20.1. The van der Waals surface area contributed by atoms with Crippen LogP contribution in [0.1, 0.15) is 38.0 Å². The van der Waals surface area contributed by atoms with Crippen LogP contribution in [0, 0.1) is 26.7 Å². The van der Waals surface area contributed by atoms with Crippen LogP contribution < -0.4 is 9.96 Å². The number of aryl methyl sites for hydroxylation is 2. The van der Waals surface area contributed by atoms with Gasteiger partial charge in [0.25, 0.3) is 5.91 Å². The molecule has 0 radical (unpaired) electrons. The number of methoxy groups -OCH3 is 1. The van der Waals surface area contributed by atoms with E-state index in [1.54, 1.807) is 12.0 Å². The number of benzene rings is 2. The number of esters is 1. The topological polar surface area (TPSA) is 76.2 Å². The fourth-order valence-electron chi connectivity index (χ4n) is 4.62. The fraction of sp³-hybridized carbons (Fsp3) is 0.269. The van der Waals surface area contributed by atoms with E-state index < -0.39 is 29.9 Å². The van der Waals surface area contributed by atoms with Gasteiger partial charge >= 0.3 is 5.97 Å². The number of hydroxylamine groups is 1. The summed E-state index contributed by atoms with van der Waals surface area (Å²) >= 11 is 1.24. The van der Waals surface area contributed by atoms with Gasteiger partial charge in [-0.2, -0.15) is 0 Å². The number of nitrogens with zero attached hydrogens (tertiary/aromatic N) is 2. The molecule has 3 aromatic rings. The summed E-state index contributed by atoms with van der Waals surface area (Å²) in [5.41, 5.74) is 3.67. The molecular weight excluding hydrogens is 452 g/mol. The summed E-state index contributed by atoms with van der Waals surface area (Å²) in [4.78, 5) is 48.1. The molecule has 3 heterocycles. The van der Waals surface area contributed by atoms with Crippen LogP contribution in [0.4, 0.5) is 10.7 Å². The van der Waals surface area contributed by atoms with E-state index in [0.717, 1.165) is 26.6 Å². The summed E-state index contributed by atoms with van der Waals surface area (Å²) in [6, 6.07) is 16.8. The molecule has 34 heavy (non-hydrogen) atoms. The lowest BCUT2D eigenvalue weighted by Crippen LogP contribution is -2.37. The van der Waals surface area contributed by atoms with Crippen molar-refractivity contribution in [2.24, 2.45) is 5.92 Å². The smallest absolute Gasteiger partial charge is 0.341 e. The van der Waals surface area contributed by atoms with E-state index in [1.165, 1.54) is 18.4 Å². The van der Waals surface area contributed by atoms with Crippen LogP contribution in [0.5, 0.6) is 0 Å². The predicted octanol–water partition coefficient (Wildman–Crippen LogP) is 4.51. The van der Waals surface area contributed by atoms with Crippen LogP contribution in [0.25, 0.3) is 0 Å². The molecule has 0 saturated carbocycles. The van der Waals surface area contributed by atoms with Gasteiger partial charge in [-0.1, -0.05) is 48.0 Å². The Balaban J connectivity index is 1.61. The van der Waals surface area contributed by atoms with Gasteiger partial charge < -0.3 is 4.74 Å². The molecule has 2 aromatic carbocycles. The lowest BCUT2D eigenvalue weighted by Gasteiger charge is -2.28. The SMILES string of the molecule is COC(=O)c1c(N2C(=O)[C@@H]3[C@H](ON(c4ccccc4)[C@H]3c3ccc(C)cc3)C2=O)sc(C)c1C. The molecule has 2 saturated heterocycles. The van der Waals surface area contributed by atoms with Gasteiger partial charge in [0.05, 0.1) is 24.4 Å². The molecule has 3 atom stereocenters. The maximum absolute atomic E-state index is 13.9. The number of thiophene rings is 1. The molecule has 2 fully saturated rings. The number of rotatable bonds is 4. The summed E-state index contributed by atoms with van der Waals surface area (Å²) in [6.07, 6.45) is -0.993. The average molecular weight is 477 g/mol. The Kier molecular flexibility index (Phi) is 5.50. The highest BCUT2D eigenvalue weighted by molar-refractivity contribution is 7.17. The third kappa shape index (κ3) is 3.33. The minimum absolute atomic E-state index is 0.249. The number of hydrogen-bond acceptors (Lipinski definition) is 7. The van der Waals surface area contributed by atoms with Crippen LogP contribution >= 0.6 is 11.3 Å². The number of fused-ring (bicyclic) bond motifs is 1. The monoisotopic (exact) mass is 476 g/mol. The zero-order valence-electron chi connectivity index (χ0n) is 19.3. The molecule has 2 aliphatic rings. The predicted molar refractivity (Wildman–Crippen MR) is 129 cm³/mol. The van der Waals surface area contributed by atoms with Gasteiger partial charge in [0.15, 0.2) is 6.10 Å². The van der Waals surface area contributed by atoms with E-state index >= 15 is 0 Å². The summed E-state index contributed by atoms with van der Waals surface area (Å²) in [5.74, 6) is -2.19. The Labute approximate surface area is 201 Å². The number of carbonyl (C=O) groups excluding carboxylic acids is 3. The number of imide groups is 1. The standard InChI is InChI=1S/C26H24N2O5S/c1-14-10-12-17(13-11-14)21-20-22(33-28(21)18-8-6-5-7-9-18)24(30)27(23(20)29)25-19(26(31)32-4)15(2)16(3)34-25/h5-13,20-22H,1-4H3/t20-,21-,22-/m0/s1. The third-order valence-electron chi connectivity index (χ3n) is 6.50. The minimum atomic E-state index is -0.993. The van der Waals surface area contributed by atoms with Gasteiger partial charge in [0.1, 0.15) is 10.9 Å². The summed E-state index contributed by atoms with van der Waals surface area (Å²) in [5, 5.41) is 1.96. The molecule has 5 rings (SSSR count). The highest BCUT2D eigenvalue weighted by Crippen LogP contribution is 2.49. The molecule has 1 aromatic heterocycles. The van der Waals surface area contributed by atoms with Crippen molar-refractivity contribution >= 4 is 39.8 Å². The average Bonchev–Trinajstić information content (AvgIpc) is 3.45. The lowest BCUT2D eigenvalue weighted by molar-refractivity contribution is -0.126. The van der Waals surface area contributed by atoms with Gasteiger partial charge in [-0.3, -0.25) is 14.4 Å². The van der Waals surface area contributed by atoms with Crippen molar-refractivity contribution in [3.05, 3.63) is 81.7 Å². The first-order chi connectivity index (χ1) is 16.3. The van der Waals surface area contributed by atoms with Crippen LogP contribution in [0.2, 0.25) is 0 Å². The fourth-order valence-corrected chi connectivity index (χ4v) is 5.78. The molecule has 2 amide bonds. The van der Waals surface area contributed by atoms with Gasteiger partial charge in [-0.25, -0.2) is 14.8 Å². The third-order valence-corrected chi connectivity index (χ3v) is 7.70. The van der Waals surface area contributed by atoms with Crippen molar-refractivity contribution in [3.8, 4) is 0 Å². The van der Waals surface area contributed by atoms with Gasteiger partial charge in [0.2, 0.25) is 5.91 Å². The molecule has 0 N–H and O–H groups in total. The van der Waals surface area contributed by atoms with Crippen LogP contribution in [0.3, 0.4) is 0 Å². The summed E-state index contributed by atoms with van der Waals surface area (Å²) < 4.78 is 4.95. The molecule has 0 unspecified atom stereocenters. The maximum Gasteiger partial charge on any atom is 0.341 e. The first-order valence-corrected chi connectivity index (χ1v) is 11.8. The largest absolute Gasteiger partial charge is 0.465 e. The van der Waals surface area contributed by atoms with E-state index in [0.29, 0.717) is 10.6 Å². The second kappa shape index (κ2) is 8.38. The Morgan fingerprint density at radius 3 is 2.29 bits per heavy atom. The summed E-state index contributed by atoms with van der Waals surface area (Å²) in [7, 11) is 1.29. The lowest BCUT2D eigenvalue weighted by atomic mass is 9.90. The van der Waals surface area contributed by atoms with Gasteiger partial charge in [-0.15, -0.1) is 11.3 Å². The van der Waals surface area contributed by atoms with E-state index in [4.69, 9.17) is 9.57 Å². The zero-order chi connectivity index (χ0) is 24.1. The van der Waals surface area contributed by atoms with Gasteiger partial charge in [-0.05, 0) is 44.0 Å². The van der Waals surface area contributed by atoms with Crippen molar-refractivity contribution < 1.29 is 24.0 Å². The Morgan fingerprint density at radius 1 is 0.971 bits per heavy atom. The van der Waals surface area contributed by atoms with Crippen LogP contribution in [-0.2, 0) is 19.2 Å². The minimum Gasteiger partial charge on any atom is -0.465 e. The van der Waals surface area contributed by atoms with Crippen molar-refractivity contribution in [2.45, 2.75) is 32.9 Å². The Hall–Kier alpha value is -3.49. The number of anilines is 2. The number of amides is 2. The number of para-hydroxylation sites is 1. The molecule has 0 bridgehead atoms. The van der Waals surface area contributed by atoms with E-state index in [1.807, 2.05) is 68.4 Å². The highest BCUT2D eigenvalue weighted by Gasteiger charge is 2.61. The molecule has 174 valence electrons. The highest BCUT2D eigenvalue weighted by atomic mass is 32.1. The van der Waals surface area contributed by atoms with Crippen LogP contribution in [0.15, 0.2) is 54.6 Å². The molecule has 8 heteroatoms. The molecule has 2 aliphatic heterocycles. The Bertz CT molecular complexity index is 1280. The second-order valence-corrected chi connectivity index (χ2v) is 9.74. The second-order valence-electron chi connectivity index (χ2n) is 8.54. The number of carbonyl (C=O) groups is 3. The first kappa shape index (κ1) is 22.3. The molecule has 7 nitrogen and oxygen atoms in total. The maximum atomic E-state index is 13.9. The van der Waals surface area contributed by atoms with E-state index in [2.05, 4.69) is 0 Å². The first-order valence-electron chi connectivity index (χ1n) is 11.0. The Morgan fingerprint density at radius 2 is 1.65 bits per heavy atom. The number of ether oxygens (including phenoxy) is 1. The molecule has 0 aliphatic carbocycles. The molecular formula is C26H24N2O5S. The summed E-state index contributed by atoms with van der Waals surface area (Å²) in [6.45, 7) is 5.63. The molecule has 0 spiro atoms. The van der Waals surface area contributed by atoms with Crippen molar-refractivity contribution in [1.82, 2.24) is 0 Å². The van der Waals surface area contributed by atoms with E-state index in [-0.39, 0.29) is 11.5 Å². The van der Waals surface area contributed by atoms with Gasteiger partial charge in [0, 0.05) is 4.88 Å². The van der Waals surface area contributed by atoms with Crippen molar-refractivity contribution in [2.75, 3.05) is 17.1 Å². The normalized spacial score (nSPS) is 21.8. The van der Waals surface area contributed by atoms with Crippen molar-refractivity contribution in [1.29, 1.82) is 0 Å². The quantitative estimate of drug-likeness (QED) is 0.407. The van der Waals surface area contributed by atoms with Crippen molar-refractivity contribution in [3.63, 3.8) is 0 Å². The van der Waals surface area contributed by atoms with E-state index in [9.17, 15) is 14.4 Å². The van der Waals surface area contributed by atoms with Crippen LogP contribution in [-0.4, -0.2) is 31.0 Å².